The van der Waals surface area contributed by atoms with E-state index in [0.717, 1.165) is 5.56 Å². The molecule has 0 N–H and O–H groups in total. The molecule has 7 nitrogen and oxygen atoms in total. The Hall–Kier alpha value is -1.64. The molecule has 0 aliphatic carbocycles. The summed E-state index contributed by atoms with van der Waals surface area (Å²) in [5.74, 6) is -0.0276. The smallest absolute Gasteiger partial charge is 0.321 e. The summed E-state index contributed by atoms with van der Waals surface area (Å²) in [6.07, 6.45) is -0.498. The molecule has 2 aliphatic heterocycles. The van der Waals surface area contributed by atoms with Crippen LogP contribution in [0.25, 0.3) is 0 Å². The maximum atomic E-state index is 13.3. The van der Waals surface area contributed by atoms with E-state index in [1.165, 1.54) is 4.31 Å². The molecule has 3 rings (SSSR count). The van der Waals surface area contributed by atoms with Gasteiger partial charge in [-0.1, -0.05) is 31.5 Å². The zero-order valence-electron chi connectivity index (χ0n) is 16.5. The average molecular weight is 396 g/mol. The molecule has 2 fully saturated rings. The van der Waals surface area contributed by atoms with Gasteiger partial charge in [0.1, 0.15) is 6.17 Å². The summed E-state index contributed by atoms with van der Waals surface area (Å²) in [4.78, 5) is 16.9. The number of nitrogens with zero attached hydrogens (tertiary/aromatic N) is 3. The van der Waals surface area contributed by atoms with E-state index in [2.05, 4.69) is 0 Å². The fourth-order valence-corrected chi connectivity index (χ4v) is 5.61. The molecule has 0 bridgehead atoms. The van der Waals surface area contributed by atoms with Gasteiger partial charge in [-0.15, -0.1) is 0 Å². The zero-order valence-corrected chi connectivity index (χ0v) is 17.3. The lowest BCUT2D eigenvalue weighted by Gasteiger charge is -2.38. The van der Waals surface area contributed by atoms with E-state index in [-0.39, 0.29) is 22.9 Å². The molecule has 1 aromatic carbocycles. The molecule has 2 saturated heterocycles. The molecule has 0 spiro atoms. The molecule has 0 unspecified atom stereocenters. The number of aryl methyl sites for hydroxylation is 1. The Morgan fingerprint density at radius 2 is 1.74 bits per heavy atom. The number of rotatable bonds is 3. The van der Waals surface area contributed by atoms with Crippen LogP contribution in [0.15, 0.2) is 29.2 Å². The molecule has 2 atom stereocenters. The van der Waals surface area contributed by atoms with Gasteiger partial charge >= 0.3 is 6.03 Å². The maximum absolute atomic E-state index is 13.3. The molecule has 1 aromatic rings. The minimum atomic E-state index is -3.68. The summed E-state index contributed by atoms with van der Waals surface area (Å²) < 4.78 is 33.4. The maximum Gasteiger partial charge on any atom is 0.321 e. The fourth-order valence-electron chi connectivity index (χ4n) is 3.82. The molecule has 2 heterocycles. The molecular formula is C19H29N3O4S. The van der Waals surface area contributed by atoms with E-state index in [1.54, 1.807) is 34.1 Å². The second-order valence-electron chi connectivity index (χ2n) is 7.68. The number of hydrogen-bond donors (Lipinski definition) is 0. The minimum absolute atomic E-state index is 0.0276. The Kier molecular flexibility index (Phi) is 5.79. The van der Waals surface area contributed by atoms with E-state index in [4.69, 9.17) is 4.74 Å². The lowest BCUT2D eigenvalue weighted by Crippen LogP contribution is -2.55. The third-order valence-corrected chi connectivity index (χ3v) is 7.08. The van der Waals surface area contributed by atoms with Crippen molar-refractivity contribution in [3.05, 3.63) is 29.8 Å². The fraction of sp³-hybridized carbons (Fsp3) is 0.632. The predicted molar refractivity (Wildman–Crippen MR) is 103 cm³/mol. The van der Waals surface area contributed by atoms with Crippen molar-refractivity contribution in [2.75, 3.05) is 32.8 Å². The number of ether oxygens (including phenoxy) is 1. The summed E-state index contributed by atoms with van der Waals surface area (Å²) in [6.45, 7) is 10.2. The van der Waals surface area contributed by atoms with Gasteiger partial charge in [0.15, 0.2) is 0 Å². The summed E-state index contributed by atoms with van der Waals surface area (Å²) >= 11 is 0. The van der Waals surface area contributed by atoms with E-state index < -0.39 is 16.2 Å². The van der Waals surface area contributed by atoms with Gasteiger partial charge in [-0.05, 0) is 31.9 Å². The molecule has 8 heteroatoms. The van der Waals surface area contributed by atoms with Gasteiger partial charge < -0.3 is 14.5 Å². The number of urea groups is 1. The van der Waals surface area contributed by atoms with Gasteiger partial charge in [0, 0.05) is 25.7 Å². The van der Waals surface area contributed by atoms with Crippen LogP contribution in [-0.4, -0.2) is 73.6 Å². The average Bonchev–Trinajstić information content (AvgIpc) is 3.00. The van der Waals surface area contributed by atoms with Gasteiger partial charge in [0.05, 0.1) is 18.1 Å². The Balaban J connectivity index is 1.92. The number of hydrogen-bond acceptors (Lipinski definition) is 4. The summed E-state index contributed by atoms with van der Waals surface area (Å²) in [6, 6.07) is 6.58. The number of amides is 2. The Labute approximate surface area is 161 Å². The van der Waals surface area contributed by atoms with Crippen molar-refractivity contribution in [3.8, 4) is 0 Å². The third-order valence-electron chi connectivity index (χ3n) is 5.23. The number of morpholine rings is 1. The number of carbonyl (C=O) groups excluding carboxylic acids is 1. The monoisotopic (exact) mass is 395 g/mol. The molecule has 0 aromatic heterocycles. The highest BCUT2D eigenvalue weighted by Gasteiger charge is 2.48. The van der Waals surface area contributed by atoms with Crippen LogP contribution in [0.5, 0.6) is 0 Å². The van der Waals surface area contributed by atoms with E-state index in [9.17, 15) is 13.2 Å². The first-order valence-corrected chi connectivity index (χ1v) is 10.9. The topological polar surface area (TPSA) is 70.2 Å². The molecule has 150 valence electrons. The van der Waals surface area contributed by atoms with Crippen molar-refractivity contribution in [1.29, 1.82) is 0 Å². The first-order valence-electron chi connectivity index (χ1n) is 9.47. The van der Waals surface area contributed by atoms with E-state index in [0.29, 0.717) is 32.8 Å². The highest BCUT2D eigenvalue weighted by atomic mass is 32.2. The van der Waals surface area contributed by atoms with Gasteiger partial charge in [0.25, 0.3) is 0 Å². The highest BCUT2D eigenvalue weighted by Crippen LogP contribution is 2.32. The zero-order chi connectivity index (χ0) is 19.8. The molecule has 2 aliphatic rings. The van der Waals surface area contributed by atoms with Crippen molar-refractivity contribution >= 4 is 16.1 Å². The van der Waals surface area contributed by atoms with Gasteiger partial charge in [-0.25, -0.2) is 13.2 Å². The van der Waals surface area contributed by atoms with E-state index >= 15 is 0 Å². The lowest BCUT2D eigenvalue weighted by molar-refractivity contribution is 0.0334. The van der Waals surface area contributed by atoms with Crippen molar-refractivity contribution < 1.29 is 17.9 Å². The van der Waals surface area contributed by atoms with Crippen molar-refractivity contribution in [1.82, 2.24) is 14.1 Å². The van der Waals surface area contributed by atoms with Crippen LogP contribution in [0.2, 0.25) is 0 Å². The molecule has 0 radical (unpaired) electrons. The van der Waals surface area contributed by atoms with Crippen LogP contribution in [-0.2, 0) is 14.8 Å². The molecular weight excluding hydrogens is 366 g/mol. The first kappa shape index (κ1) is 20.1. The third kappa shape index (κ3) is 3.83. The highest BCUT2D eigenvalue weighted by molar-refractivity contribution is 7.89. The molecule has 0 saturated carbocycles. The summed E-state index contributed by atoms with van der Waals surface area (Å²) in [5.41, 5.74) is 1.01. The van der Waals surface area contributed by atoms with Crippen molar-refractivity contribution in [2.45, 2.75) is 44.8 Å². The van der Waals surface area contributed by atoms with Gasteiger partial charge in [-0.3, -0.25) is 0 Å². The van der Waals surface area contributed by atoms with E-state index in [1.807, 2.05) is 27.7 Å². The number of carbonyl (C=O) groups is 1. The molecule has 27 heavy (non-hydrogen) atoms. The van der Waals surface area contributed by atoms with Gasteiger partial charge in [0.2, 0.25) is 10.0 Å². The SMILES string of the molecule is Cc1ccc(S(=O)(=O)N2C[C@@H](C)N(C(=O)N3CCOCC3)[C@@H]2C(C)C)cc1. The van der Waals surface area contributed by atoms with Crippen molar-refractivity contribution in [3.63, 3.8) is 0 Å². The largest absolute Gasteiger partial charge is 0.378 e. The summed E-state index contributed by atoms with van der Waals surface area (Å²) in [5, 5.41) is 0. The standard InChI is InChI=1S/C19H29N3O4S/c1-14(2)18-21(27(24,25)17-7-5-15(3)6-8-17)13-16(4)22(18)19(23)20-9-11-26-12-10-20/h5-8,14,16,18H,9-13H2,1-4H3/t16-,18-/m1/s1. The quantitative estimate of drug-likeness (QED) is 0.786. The number of benzene rings is 1. The van der Waals surface area contributed by atoms with Crippen LogP contribution in [0.4, 0.5) is 4.79 Å². The summed E-state index contributed by atoms with van der Waals surface area (Å²) in [7, 11) is -3.68. The Morgan fingerprint density at radius 1 is 1.15 bits per heavy atom. The lowest BCUT2D eigenvalue weighted by atomic mass is 10.1. The van der Waals surface area contributed by atoms with Crippen LogP contribution >= 0.6 is 0 Å². The second kappa shape index (κ2) is 7.77. The van der Waals surface area contributed by atoms with Crippen LogP contribution in [0, 0.1) is 12.8 Å². The van der Waals surface area contributed by atoms with Gasteiger partial charge in [-0.2, -0.15) is 4.31 Å². The normalized spacial score (nSPS) is 24.6. The number of sulfonamides is 1. The second-order valence-corrected chi connectivity index (χ2v) is 9.57. The Morgan fingerprint density at radius 3 is 2.30 bits per heavy atom. The van der Waals surface area contributed by atoms with Crippen LogP contribution in [0.3, 0.4) is 0 Å². The van der Waals surface area contributed by atoms with Crippen molar-refractivity contribution in [2.24, 2.45) is 5.92 Å². The predicted octanol–water partition coefficient (Wildman–Crippen LogP) is 2.12. The van der Waals surface area contributed by atoms with Crippen LogP contribution in [0.1, 0.15) is 26.3 Å². The van der Waals surface area contributed by atoms with Crippen LogP contribution < -0.4 is 0 Å². The molecule has 2 amide bonds. The first-order chi connectivity index (χ1) is 12.7. The minimum Gasteiger partial charge on any atom is -0.378 e. The Bertz CT molecular complexity index is 773.